The largest absolute Gasteiger partial charge is 0.617 e. The Bertz CT molecular complexity index is 85.1. The maximum atomic E-state index is 4.81. The summed E-state index contributed by atoms with van der Waals surface area (Å²) >= 11 is 0. The summed E-state index contributed by atoms with van der Waals surface area (Å²) in [4.78, 5) is 0. The van der Waals surface area contributed by atoms with Gasteiger partial charge in [-0.1, -0.05) is 6.92 Å². The molecule has 0 saturated heterocycles. The zero-order valence-electron chi connectivity index (χ0n) is 6.11. The minimum atomic E-state index is 0. The summed E-state index contributed by atoms with van der Waals surface area (Å²) in [5, 5.41) is 0. The number of allylic oxidation sites excluding steroid dienone is 2. The smallest absolute Gasteiger partial charge is 0.0488 e. The Balaban J connectivity index is 0. The van der Waals surface area contributed by atoms with E-state index in [1.54, 1.807) is 7.11 Å². The third kappa shape index (κ3) is 4.86. The molecule has 0 fully saturated rings. The molecule has 0 atom stereocenters. The second kappa shape index (κ2) is 6.50. The van der Waals surface area contributed by atoms with Crippen LogP contribution in [0.2, 0.25) is 0 Å². The van der Waals surface area contributed by atoms with Gasteiger partial charge in [0.1, 0.15) is 0 Å². The molecule has 2 heteroatoms. The summed E-state index contributed by atoms with van der Waals surface area (Å²) in [6.45, 7) is 9.36. The Morgan fingerprint density at radius 3 is 2.00 bits per heavy atom. The van der Waals surface area contributed by atoms with Crippen LogP contribution in [0.25, 0.3) is 0 Å². The molecular weight excluding hydrogens is 189 g/mol. The van der Waals surface area contributed by atoms with Crippen molar-refractivity contribution in [2.24, 2.45) is 0 Å². The molecule has 0 unspecified atom stereocenters. The summed E-state index contributed by atoms with van der Waals surface area (Å²) in [5.74, 6) is 0.688. The monoisotopic (exact) mass is 201 g/mol. The minimum absolute atomic E-state index is 0. The molecule has 0 aromatic rings. The Morgan fingerprint density at radius 2 is 1.89 bits per heavy atom. The van der Waals surface area contributed by atoms with Gasteiger partial charge >= 0.3 is 0 Å². The Morgan fingerprint density at radius 1 is 1.44 bits per heavy atom. The van der Waals surface area contributed by atoms with E-state index >= 15 is 0 Å². The van der Waals surface area contributed by atoms with E-state index in [-0.39, 0.29) is 32.7 Å². The molecule has 9 heavy (non-hydrogen) atoms. The van der Waals surface area contributed by atoms with Gasteiger partial charge < -0.3 is 17.2 Å². The van der Waals surface area contributed by atoms with Crippen LogP contribution in [0.15, 0.2) is 11.3 Å². The second-order valence-electron chi connectivity index (χ2n) is 1.58. The van der Waals surface area contributed by atoms with Crippen LogP contribution in [0.3, 0.4) is 0 Å². The fourth-order valence-corrected chi connectivity index (χ4v) is 0.342. The number of hydrogen-bond acceptors (Lipinski definition) is 1. The summed E-state index contributed by atoms with van der Waals surface area (Å²) in [5.41, 5.74) is 0.965. The molecule has 0 aromatic heterocycles. The molecule has 51 valence electrons. The van der Waals surface area contributed by atoms with Crippen LogP contribution >= 0.6 is 0 Å². The molecule has 0 N–H and O–H groups in total. The van der Waals surface area contributed by atoms with Crippen LogP contribution in [0, 0.1) is 13.8 Å². The number of ether oxygens (including phenoxy) is 1. The van der Waals surface area contributed by atoms with Crippen molar-refractivity contribution in [3.63, 3.8) is 0 Å². The number of hydrogen-bond donors (Lipinski definition) is 0. The predicted molar refractivity (Wildman–Crippen MR) is 35.0 cm³/mol. The zero-order valence-corrected chi connectivity index (χ0v) is 8.95. The summed E-state index contributed by atoms with van der Waals surface area (Å²) < 4.78 is 4.81. The van der Waals surface area contributed by atoms with Crippen LogP contribution in [0.4, 0.5) is 0 Å². The third-order valence-corrected chi connectivity index (χ3v) is 1.07. The van der Waals surface area contributed by atoms with Crippen LogP contribution in [0.1, 0.15) is 13.3 Å². The average Bonchev–Trinajstić information content (AvgIpc) is 1.84. The number of rotatable bonds is 2. The van der Waals surface area contributed by atoms with E-state index in [1.165, 1.54) is 0 Å². The van der Waals surface area contributed by atoms with Gasteiger partial charge in [0.15, 0.2) is 0 Å². The summed E-state index contributed by atoms with van der Waals surface area (Å²) in [6.07, 6.45) is 0.909. The molecular formula is C7H12OY-2. The summed E-state index contributed by atoms with van der Waals surface area (Å²) in [7, 11) is 1.60. The number of methoxy groups -OCH3 is 1. The summed E-state index contributed by atoms with van der Waals surface area (Å²) in [6, 6.07) is 0. The molecule has 0 heterocycles. The fraction of sp³-hybridized carbons (Fsp3) is 0.429. The molecule has 0 bridgehead atoms. The van der Waals surface area contributed by atoms with Crippen molar-refractivity contribution in [3.8, 4) is 0 Å². The Hall–Kier alpha value is 0.384. The molecule has 0 saturated carbocycles. The van der Waals surface area contributed by atoms with Crippen molar-refractivity contribution in [3.05, 3.63) is 25.2 Å². The quantitative estimate of drug-likeness (QED) is 0.490. The van der Waals surface area contributed by atoms with Crippen molar-refractivity contribution in [2.45, 2.75) is 13.3 Å². The van der Waals surface area contributed by atoms with Gasteiger partial charge in [-0.25, -0.2) is 0 Å². The van der Waals surface area contributed by atoms with E-state index in [0.717, 1.165) is 12.0 Å². The van der Waals surface area contributed by atoms with Gasteiger partial charge in [-0.2, -0.15) is 5.76 Å². The molecule has 1 radical (unpaired) electrons. The molecule has 0 aliphatic heterocycles. The normalized spacial score (nSPS) is 11.3. The molecule has 0 aromatic carbocycles. The molecule has 0 aliphatic rings. The Labute approximate surface area is 82.7 Å². The second-order valence-corrected chi connectivity index (χ2v) is 1.58. The van der Waals surface area contributed by atoms with Gasteiger partial charge in [0.2, 0.25) is 0 Å². The van der Waals surface area contributed by atoms with Crippen molar-refractivity contribution in [1.29, 1.82) is 0 Å². The first-order valence-electron chi connectivity index (χ1n) is 2.63. The van der Waals surface area contributed by atoms with Crippen LogP contribution in [-0.2, 0) is 37.4 Å². The topological polar surface area (TPSA) is 9.23 Å². The maximum Gasteiger partial charge on any atom is 0.0488 e. The average molecular weight is 201 g/mol. The van der Waals surface area contributed by atoms with E-state index in [0.29, 0.717) is 5.76 Å². The molecule has 1 nitrogen and oxygen atoms in total. The van der Waals surface area contributed by atoms with E-state index in [9.17, 15) is 0 Å². The van der Waals surface area contributed by atoms with Crippen molar-refractivity contribution < 1.29 is 37.4 Å². The fourth-order valence-electron chi connectivity index (χ4n) is 0.342. The SMILES string of the molecule is [CH2-]/C(CC)=C(\[CH2-])OC.[Y]. The van der Waals surface area contributed by atoms with E-state index in [1.807, 2.05) is 6.92 Å². The molecule has 0 rings (SSSR count). The minimum Gasteiger partial charge on any atom is -0.617 e. The van der Waals surface area contributed by atoms with Gasteiger partial charge in [-0.05, 0) is 0 Å². The van der Waals surface area contributed by atoms with Gasteiger partial charge in [0.25, 0.3) is 0 Å². The maximum absolute atomic E-state index is 4.81. The predicted octanol–water partition coefficient (Wildman–Crippen LogP) is 1.96. The molecule has 0 spiro atoms. The first-order valence-corrected chi connectivity index (χ1v) is 2.63. The molecule has 0 aliphatic carbocycles. The van der Waals surface area contributed by atoms with E-state index in [4.69, 9.17) is 4.74 Å². The van der Waals surface area contributed by atoms with Crippen molar-refractivity contribution >= 4 is 0 Å². The van der Waals surface area contributed by atoms with E-state index in [2.05, 4.69) is 13.8 Å². The van der Waals surface area contributed by atoms with Crippen LogP contribution < -0.4 is 0 Å². The first kappa shape index (κ1) is 12.1. The van der Waals surface area contributed by atoms with Crippen LogP contribution in [-0.4, -0.2) is 7.11 Å². The van der Waals surface area contributed by atoms with Crippen LogP contribution in [0.5, 0.6) is 0 Å². The van der Waals surface area contributed by atoms with Gasteiger partial charge in [-0.3, -0.25) is 6.92 Å². The van der Waals surface area contributed by atoms with Gasteiger partial charge in [-0.15, -0.1) is 6.42 Å². The van der Waals surface area contributed by atoms with Crippen molar-refractivity contribution in [2.75, 3.05) is 7.11 Å². The van der Waals surface area contributed by atoms with Gasteiger partial charge in [0.05, 0.1) is 0 Å². The molecule has 0 amide bonds. The van der Waals surface area contributed by atoms with E-state index < -0.39 is 0 Å². The standard InChI is InChI=1S/C7H12O.Y/c1-5-6(2)7(3)8-4;/h2-3,5H2,1,4H3;/q-2;/b7-6-;. The zero-order chi connectivity index (χ0) is 6.57. The van der Waals surface area contributed by atoms with Gasteiger partial charge in [0, 0.05) is 39.8 Å². The third-order valence-electron chi connectivity index (χ3n) is 1.07. The Kier molecular flexibility index (Phi) is 8.74. The first-order chi connectivity index (χ1) is 3.72. The van der Waals surface area contributed by atoms with Crippen molar-refractivity contribution in [1.82, 2.24) is 0 Å².